The number of carbonyl (C=O) groups is 1. The monoisotopic (exact) mass is 306 g/mol. The lowest BCUT2D eigenvalue weighted by Crippen LogP contribution is -2.29. The van der Waals surface area contributed by atoms with Gasteiger partial charge in [-0.2, -0.15) is 0 Å². The molecule has 0 bridgehead atoms. The second-order valence-corrected chi connectivity index (χ2v) is 6.59. The number of nitrogens with zero attached hydrogens (tertiary/aromatic N) is 1. The number of methoxy groups -OCH3 is 1. The van der Waals surface area contributed by atoms with Crippen molar-refractivity contribution in [2.45, 2.75) is 31.8 Å². The van der Waals surface area contributed by atoms with Gasteiger partial charge in [0.15, 0.2) is 5.69 Å². The van der Waals surface area contributed by atoms with E-state index in [9.17, 15) is 4.79 Å². The predicted octanol–water partition coefficient (Wildman–Crippen LogP) is 3.04. The Labute approximate surface area is 127 Å². The van der Waals surface area contributed by atoms with Crippen LogP contribution in [-0.4, -0.2) is 24.7 Å². The van der Waals surface area contributed by atoms with Crippen molar-refractivity contribution in [2.75, 3.05) is 13.7 Å². The molecule has 1 saturated carbocycles. The zero-order chi connectivity index (χ0) is 14.8. The Bertz CT molecular complexity index is 630. The van der Waals surface area contributed by atoms with E-state index in [2.05, 4.69) is 10.5 Å². The lowest BCUT2D eigenvalue weighted by Gasteiger charge is -2.13. The smallest absolute Gasteiger partial charge is 0.273 e. The Morgan fingerprint density at radius 3 is 3.00 bits per heavy atom. The highest BCUT2D eigenvalue weighted by Gasteiger charge is 2.29. The van der Waals surface area contributed by atoms with Gasteiger partial charge in [0.1, 0.15) is 11.9 Å². The summed E-state index contributed by atoms with van der Waals surface area (Å²) in [6.45, 7) is 2.47. The minimum absolute atomic E-state index is 0.137. The summed E-state index contributed by atoms with van der Waals surface area (Å²) in [7, 11) is 1.65. The third-order valence-electron chi connectivity index (χ3n) is 3.55. The van der Waals surface area contributed by atoms with Crippen molar-refractivity contribution in [3.63, 3.8) is 0 Å². The Morgan fingerprint density at radius 2 is 2.38 bits per heavy atom. The molecule has 1 aliphatic rings. The standard InChI is InChI=1S/C15H18N2O3S/c1-9-3-6-14(21-9)13(19-2)8-16-15(18)11-7-12(20-17-11)10-4-5-10/h3,6-7,10,13H,4-5,8H2,1-2H3,(H,16,18)/t13-/m0/s1. The van der Waals surface area contributed by atoms with Crippen LogP contribution in [0.5, 0.6) is 0 Å². The van der Waals surface area contributed by atoms with Crippen LogP contribution >= 0.6 is 11.3 Å². The van der Waals surface area contributed by atoms with Gasteiger partial charge < -0.3 is 14.6 Å². The van der Waals surface area contributed by atoms with Gasteiger partial charge in [-0.25, -0.2) is 0 Å². The van der Waals surface area contributed by atoms with E-state index in [1.54, 1.807) is 24.5 Å². The predicted molar refractivity (Wildman–Crippen MR) is 79.6 cm³/mol. The van der Waals surface area contributed by atoms with Crippen molar-refractivity contribution in [2.24, 2.45) is 0 Å². The van der Waals surface area contributed by atoms with Crippen molar-refractivity contribution in [1.82, 2.24) is 10.5 Å². The zero-order valence-electron chi connectivity index (χ0n) is 12.1. The highest BCUT2D eigenvalue weighted by atomic mass is 32.1. The Hall–Kier alpha value is -1.66. The number of aromatic nitrogens is 1. The molecule has 1 aliphatic carbocycles. The molecule has 1 amide bonds. The summed E-state index contributed by atoms with van der Waals surface area (Å²) in [6, 6.07) is 5.82. The summed E-state index contributed by atoms with van der Waals surface area (Å²) >= 11 is 1.67. The largest absolute Gasteiger partial charge is 0.374 e. The first-order valence-electron chi connectivity index (χ1n) is 7.01. The van der Waals surface area contributed by atoms with Crippen LogP contribution in [0.2, 0.25) is 0 Å². The second kappa shape index (κ2) is 5.99. The van der Waals surface area contributed by atoms with E-state index < -0.39 is 0 Å². The van der Waals surface area contributed by atoms with Gasteiger partial charge in [-0.05, 0) is 31.9 Å². The van der Waals surface area contributed by atoms with Crippen LogP contribution < -0.4 is 5.32 Å². The van der Waals surface area contributed by atoms with Crippen molar-refractivity contribution >= 4 is 17.2 Å². The highest BCUT2D eigenvalue weighted by Crippen LogP contribution is 2.40. The first-order valence-corrected chi connectivity index (χ1v) is 7.83. The average Bonchev–Trinajstić information content (AvgIpc) is 3.05. The van der Waals surface area contributed by atoms with Gasteiger partial charge in [-0.3, -0.25) is 4.79 Å². The maximum absolute atomic E-state index is 12.1. The van der Waals surface area contributed by atoms with Crippen LogP contribution in [-0.2, 0) is 4.74 Å². The molecule has 6 heteroatoms. The van der Waals surface area contributed by atoms with Crippen LogP contribution in [0.15, 0.2) is 22.7 Å². The number of aryl methyl sites for hydroxylation is 1. The summed E-state index contributed by atoms with van der Waals surface area (Å²) in [5.41, 5.74) is 0.342. The molecule has 1 N–H and O–H groups in total. The van der Waals surface area contributed by atoms with Crippen LogP contribution in [0, 0.1) is 6.92 Å². The van der Waals surface area contributed by atoms with Crippen LogP contribution in [0.3, 0.4) is 0 Å². The van der Waals surface area contributed by atoms with Crippen molar-refractivity contribution < 1.29 is 14.1 Å². The molecule has 1 fully saturated rings. The third-order valence-corrected chi connectivity index (χ3v) is 4.64. The van der Waals surface area contributed by atoms with Gasteiger partial charge in [0, 0.05) is 35.4 Å². The summed E-state index contributed by atoms with van der Waals surface area (Å²) in [5, 5.41) is 6.68. The van der Waals surface area contributed by atoms with Gasteiger partial charge in [0.2, 0.25) is 0 Å². The molecule has 21 heavy (non-hydrogen) atoms. The van der Waals surface area contributed by atoms with E-state index in [4.69, 9.17) is 9.26 Å². The molecule has 112 valence electrons. The molecule has 3 rings (SSSR count). The van der Waals surface area contributed by atoms with Gasteiger partial charge in [0.05, 0.1) is 0 Å². The number of hydrogen-bond donors (Lipinski definition) is 1. The molecular weight excluding hydrogens is 288 g/mol. The highest BCUT2D eigenvalue weighted by molar-refractivity contribution is 7.12. The number of ether oxygens (including phenoxy) is 1. The number of amides is 1. The summed E-state index contributed by atoms with van der Waals surface area (Å²) in [4.78, 5) is 14.4. The van der Waals surface area contributed by atoms with E-state index in [1.165, 1.54) is 4.88 Å². The van der Waals surface area contributed by atoms with E-state index in [-0.39, 0.29) is 12.0 Å². The van der Waals surface area contributed by atoms with E-state index in [1.807, 2.05) is 19.1 Å². The minimum Gasteiger partial charge on any atom is -0.374 e. The number of rotatable bonds is 6. The molecule has 0 spiro atoms. The first kappa shape index (κ1) is 14.3. The molecule has 0 radical (unpaired) electrons. The van der Waals surface area contributed by atoms with Crippen molar-refractivity contribution in [1.29, 1.82) is 0 Å². The molecule has 1 atom stereocenters. The molecule has 0 saturated heterocycles. The second-order valence-electron chi connectivity index (χ2n) is 5.27. The van der Waals surface area contributed by atoms with E-state index in [0.717, 1.165) is 23.5 Å². The van der Waals surface area contributed by atoms with Crippen LogP contribution in [0.4, 0.5) is 0 Å². The fourth-order valence-corrected chi connectivity index (χ4v) is 3.11. The molecule has 0 aliphatic heterocycles. The number of nitrogens with one attached hydrogen (secondary N) is 1. The normalized spacial score (nSPS) is 15.9. The molecule has 2 heterocycles. The van der Waals surface area contributed by atoms with Crippen molar-refractivity contribution in [3.8, 4) is 0 Å². The van der Waals surface area contributed by atoms with Crippen molar-refractivity contribution in [3.05, 3.63) is 39.4 Å². The lowest BCUT2D eigenvalue weighted by molar-refractivity contribution is 0.0830. The molecule has 2 aromatic rings. The minimum atomic E-state index is -0.221. The quantitative estimate of drug-likeness (QED) is 0.891. The fourth-order valence-electron chi connectivity index (χ4n) is 2.16. The molecular formula is C15H18N2O3S. The molecule has 0 aromatic carbocycles. The Kier molecular flexibility index (Phi) is 4.07. The summed E-state index contributed by atoms with van der Waals surface area (Å²) in [5.74, 6) is 1.05. The summed E-state index contributed by atoms with van der Waals surface area (Å²) < 4.78 is 10.6. The van der Waals surface area contributed by atoms with Gasteiger partial charge >= 0.3 is 0 Å². The Morgan fingerprint density at radius 1 is 1.57 bits per heavy atom. The topological polar surface area (TPSA) is 64.4 Å². The van der Waals surface area contributed by atoms with Gasteiger partial charge in [0.25, 0.3) is 5.91 Å². The Balaban J connectivity index is 1.58. The molecule has 2 aromatic heterocycles. The summed E-state index contributed by atoms with van der Waals surface area (Å²) in [6.07, 6.45) is 2.11. The number of thiophene rings is 1. The molecule has 0 unspecified atom stereocenters. The zero-order valence-corrected chi connectivity index (χ0v) is 12.9. The number of hydrogen-bond acceptors (Lipinski definition) is 5. The van der Waals surface area contributed by atoms with Gasteiger partial charge in [-0.1, -0.05) is 5.16 Å². The average molecular weight is 306 g/mol. The first-order chi connectivity index (χ1) is 10.2. The van der Waals surface area contributed by atoms with Crippen LogP contribution in [0.25, 0.3) is 0 Å². The van der Waals surface area contributed by atoms with Gasteiger partial charge in [-0.15, -0.1) is 11.3 Å². The third kappa shape index (κ3) is 3.33. The van der Waals surface area contributed by atoms with E-state index >= 15 is 0 Å². The van der Waals surface area contributed by atoms with E-state index in [0.29, 0.717) is 18.2 Å². The SMILES string of the molecule is CO[C@@H](CNC(=O)c1cc(C2CC2)on1)c1ccc(C)s1. The lowest BCUT2D eigenvalue weighted by atomic mass is 10.2. The number of carbonyl (C=O) groups excluding carboxylic acids is 1. The maximum atomic E-state index is 12.1. The fraction of sp³-hybridized carbons (Fsp3) is 0.467. The molecule has 5 nitrogen and oxygen atoms in total. The van der Waals surface area contributed by atoms with Crippen LogP contribution in [0.1, 0.15) is 50.9 Å². The maximum Gasteiger partial charge on any atom is 0.273 e.